The maximum Gasteiger partial charge on any atom is 0.223 e. The van der Waals surface area contributed by atoms with E-state index in [1.807, 2.05) is 48.5 Å². The number of rotatable bonds is 0. The highest BCUT2D eigenvalue weighted by Crippen LogP contribution is 2.50. The first-order chi connectivity index (χ1) is 12.7. The van der Waals surface area contributed by atoms with Crippen molar-refractivity contribution >= 4 is 21.8 Å². The number of fused-ring (bicyclic) bond motifs is 7. The normalized spacial score (nSPS) is 20.3. The summed E-state index contributed by atoms with van der Waals surface area (Å²) in [5.41, 5.74) is 5.31. The molecule has 2 heterocycles. The summed E-state index contributed by atoms with van der Waals surface area (Å²) in [7, 11) is 0. The minimum atomic E-state index is 0.0964. The summed E-state index contributed by atoms with van der Waals surface area (Å²) >= 11 is 0. The summed E-state index contributed by atoms with van der Waals surface area (Å²) in [5.74, 6) is 0.193. The largest absolute Gasteiger partial charge is 0.618 e. The zero-order valence-corrected chi connectivity index (χ0v) is 14.1. The quantitative estimate of drug-likeness (QED) is 0.364. The van der Waals surface area contributed by atoms with Crippen LogP contribution in [0.5, 0.6) is 0 Å². The Morgan fingerprint density at radius 2 is 1.08 bits per heavy atom. The molecule has 4 heteroatoms. The Morgan fingerprint density at radius 3 is 1.54 bits per heavy atom. The summed E-state index contributed by atoms with van der Waals surface area (Å²) in [6.45, 7) is 0. The van der Waals surface area contributed by atoms with Crippen LogP contribution in [0, 0.1) is 10.4 Å². The van der Waals surface area contributed by atoms with E-state index < -0.39 is 0 Å². The van der Waals surface area contributed by atoms with Crippen molar-refractivity contribution in [2.75, 3.05) is 0 Å². The van der Waals surface area contributed by atoms with Crippen molar-refractivity contribution in [1.82, 2.24) is 0 Å². The van der Waals surface area contributed by atoms with Crippen LogP contribution in [0.15, 0.2) is 60.7 Å². The fraction of sp³-hybridized carbons (Fsp3) is 0.182. The third-order valence-corrected chi connectivity index (χ3v) is 6.13. The molecule has 2 aromatic heterocycles. The molecule has 0 aliphatic heterocycles. The van der Waals surface area contributed by atoms with Gasteiger partial charge in [-0.2, -0.15) is 9.46 Å². The van der Waals surface area contributed by atoms with Crippen LogP contribution < -0.4 is 9.46 Å². The molecule has 2 aromatic carbocycles. The van der Waals surface area contributed by atoms with Gasteiger partial charge >= 0.3 is 0 Å². The van der Waals surface area contributed by atoms with Crippen molar-refractivity contribution < 1.29 is 9.46 Å². The molecule has 0 N–H and O–H groups in total. The number of hydrogen-bond acceptors (Lipinski definition) is 2. The molecular formula is C22H16N2O2. The van der Waals surface area contributed by atoms with Gasteiger partial charge in [-0.25, -0.2) is 0 Å². The van der Waals surface area contributed by atoms with Crippen LogP contribution in [0.4, 0.5) is 0 Å². The van der Waals surface area contributed by atoms with Gasteiger partial charge in [0.1, 0.15) is 0 Å². The Kier molecular flexibility index (Phi) is 2.56. The summed E-state index contributed by atoms with van der Waals surface area (Å²) in [6, 6.07) is 19.7. The standard InChI is InChI=1S/C22H16N2O2/c25-23-19-7-3-1-5-13(19)9-15-11-17-18(21(15)23)12-16-10-14-6-2-4-8-20(14)24(26)22(16)17/h1-10,17-18H,11-12H2. The lowest BCUT2D eigenvalue weighted by Crippen LogP contribution is -2.35. The SMILES string of the molecule is [O-][n+]1c2c(cc3ccccc31)CC1c3c(cc4ccccc4[n+]3[O-])CC21. The van der Waals surface area contributed by atoms with Gasteiger partial charge in [0.25, 0.3) is 0 Å². The zero-order valence-electron chi connectivity index (χ0n) is 14.1. The average Bonchev–Trinajstić information content (AvgIpc) is 3.17. The minimum absolute atomic E-state index is 0.0964. The second-order valence-electron chi connectivity index (χ2n) is 7.44. The second kappa shape index (κ2) is 4.73. The topological polar surface area (TPSA) is 53.9 Å². The highest BCUT2D eigenvalue weighted by Gasteiger charge is 2.50. The number of pyridine rings is 2. The number of nitrogens with zero attached hydrogens (tertiary/aromatic N) is 2. The van der Waals surface area contributed by atoms with E-state index in [2.05, 4.69) is 12.1 Å². The number of benzene rings is 2. The first-order valence-corrected chi connectivity index (χ1v) is 9.00. The van der Waals surface area contributed by atoms with E-state index in [0.29, 0.717) is 11.0 Å². The number of aromatic nitrogens is 2. The van der Waals surface area contributed by atoms with Gasteiger partial charge in [0.05, 0.1) is 11.8 Å². The van der Waals surface area contributed by atoms with Crippen LogP contribution in [0.1, 0.15) is 34.4 Å². The van der Waals surface area contributed by atoms with Crippen LogP contribution in [0.25, 0.3) is 21.8 Å². The van der Waals surface area contributed by atoms with Gasteiger partial charge in [-0.05, 0) is 37.1 Å². The molecule has 26 heavy (non-hydrogen) atoms. The molecule has 126 valence electrons. The molecule has 2 unspecified atom stereocenters. The smallest absolute Gasteiger partial charge is 0.223 e. The lowest BCUT2D eigenvalue weighted by molar-refractivity contribution is -0.591. The molecule has 6 rings (SSSR count). The van der Waals surface area contributed by atoms with E-state index in [9.17, 15) is 10.4 Å². The van der Waals surface area contributed by atoms with Crippen molar-refractivity contribution in [2.24, 2.45) is 0 Å². The Morgan fingerprint density at radius 1 is 0.654 bits per heavy atom. The van der Waals surface area contributed by atoms with Crippen molar-refractivity contribution in [3.63, 3.8) is 0 Å². The first-order valence-electron chi connectivity index (χ1n) is 9.00. The molecule has 0 saturated heterocycles. The molecule has 0 fully saturated rings. The number of hydrogen-bond donors (Lipinski definition) is 0. The van der Waals surface area contributed by atoms with Gasteiger partial charge in [-0.15, -0.1) is 0 Å². The van der Waals surface area contributed by atoms with E-state index >= 15 is 0 Å². The van der Waals surface area contributed by atoms with Crippen LogP contribution in [0.2, 0.25) is 0 Å². The second-order valence-corrected chi connectivity index (χ2v) is 7.44. The molecular weight excluding hydrogens is 324 g/mol. The van der Waals surface area contributed by atoms with Crippen LogP contribution >= 0.6 is 0 Å². The van der Waals surface area contributed by atoms with E-state index in [1.54, 1.807) is 0 Å². The zero-order chi connectivity index (χ0) is 17.4. The molecule has 2 aliphatic rings. The molecule has 4 nitrogen and oxygen atoms in total. The fourth-order valence-electron chi connectivity index (χ4n) is 5.07. The van der Waals surface area contributed by atoms with Gasteiger partial charge in [0, 0.05) is 34.0 Å². The first kappa shape index (κ1) is 14.1. The van der Waals surface area contributed by atoms with Gasteiger partial charge in [0.15, 0.2) is 0 Å². The molecule has 2 aliphatic carbocycles. The van der Waals surface area contributed by atoms with Crippen molar-refractivity contribution in [2.45, 2.75) is 24.7 Å². The molecule has 0 bridgehead atoms. The van der Waals surface area contributed by atoms with Gasteiger partial charge in [-0.3, -0.25) is 0 Å². The number of para-hydroxylation sites is 2. The Hall–Kier alpha value is -3.14. The lowest BCUT2D eigenvalue weighted by Gasteiger charge is -2.11. The Bertz CT molecular complexity index is 1130. The van der Waals surface area contributed by atoms with E-state index in [4.69, 9.17) is 0 Å². The van der Waals surface area contributed by atoms with Crippen LogP contribution in [0.3, 0.4) is 0 Å². The highest BCUT2D eigenvalue weighted by atomic mass is 16.5. The van der Waals surface area contributed by atoms with Gasteiger partial charge < -0.3 is 10.4 Å². The molecule has 0 spiro atoms. The molecule has 0 saturated carbocycles. The lowest BCUT2D eigenvalue weighted by atomic mass is 9.97. The predicted octanol–water partition coefficient (Wildman–Crippen LogP) is 3.24. The third-order valence-electron chi connectivity index (χ3n) is 6.13. The summed E-state index contributed by atoms with van der Waals surface area (Å²) in [4.78, 5) is 0. The van der Waals surface area contributed by atoms with E-state index in [0.717, 1.165) is 55.6 Å². The monoisotopic (exact) mass is 340 g/mol. The average molecular weight is 340 g/mol. The predicted molar refractivity (Wildman–Crippen MR) is 98.7 cm³/mol. The Balaban J connectivity index is 1.59. The molecule has 2 atom stereocenters. The molecule has 0 radical (unpaired) electrons. The summed E-state index contributed by atoms with van der Waals surface area (Å²) in [6.07, 6.45) is 1.53. The molecule has 4 aromatic rings. The van der Waals surface area contributed by atoms with Crippen LogP contribution in [-0.4, -0.2) is 0 Å². The van der Waals surface area contributed by atoms with Gasteiger partial charge in [-0.1, -0.05) is 24.3 Å². The van der Waals surface area contributed by atoms with Crippen molar-refractivity contribution in [3.05, 3.63) is 93.6 Å². The fourth-order valence-corrected chi connectivity index (χ4v) is 5.07. The van der Waals surface area contributed by atoms with Crippen LogP contribution in [-0.2, 0) is 12.8 Å². The van der Waals surface area contributed by atoms with Gasteiger partial charge in [0.2, 0.25) is 22.4 Å². The summed E-state index contributed by atoms with van der Waals surface area (Å²) in [5, 5.41) is 28.1. The van der Waals surface area contributed by atoms with Crippen molar-refractivity contribution in [3.8, 4) is 0 Å². The highest BCUT2D eigenvalue weighted by molar-refractivity contribution is 5.78. The third kappa shape index (κ3) is 1.64. The minimum Gasteiger partial charge on any atom is -0.618 e. The summed E-state index contributed by atoms with van der Waals surface area (Å²) < 4.78 is 2.21. The maximum atomic E-state index is 13.1. The van der Waals surface area contributed by atoms with Crippen molar-refractivity contribution in [1.29, 1.82) is 0 Å². The van der Waals surface area contributed by atoms with E-state index in [-0.39, 0.29) is 11.8 Å². The van der Waals surface area contributed by atoms with E-state index in [1.165, 1.54) is 0 Å². The molecule has 0 amide bonds. The maximum absolute atomic E-state index is 13.1. The Labute approximate surface area is 150 Å².